The number of hydrogen-bond acceptors (Lipinski definition) is 5. The fraction of sp³-hybridized carbons (Fsp3) is 0.385. The van der Waals surface area contributed by atoms with Crippen LogP contribution in [-0.4, -0.2) is 22.1 Å². The quantitative estimate of drug-likeness (QED) is 0.850. The number of nitrogens with two attached hydrogens (primary N) is 1. The summed E-state index contributed by atoms with van der Waals surface area (Å²) in [7, 11) is 1.62. The minimum Gasteiger partial charge on any atom is -0.493 e. The van der Waals surface area contributed by atoms with Gasteiger partial charge in [-0.3, -0.25) is 0 Å². The highest BCUT2D eigenvalue weighted by Gasteiger charge is 2.12. The van der Waals surface area contributed by atoms with Crippen molar-refractivity contribution in [2.45, 2.75) is 26.6 Å². The lowest BCUT2D eigenvalue weighted by Crippen LogP contribution is -2.10. The number of rotatable bonds is 6. The molecule has 1 aromatic heterocycles. The summed E-state index contributed by atoms with van der Waals surface area (Å²) >= 11 is 0. The van der Waals surface area contributed by atoms with Crippen LogP contribution in [0.2, 0.25) is 0 Å². The molecular weight excluding hydrogens is 244 g/mol. The molecule has 0 saturated carbocycles. The second-order valence-electron chi connectivity index (χ2n) is 3.94. The molecule has 0 saturated heterocycles. The summed E-state index contributed by atoms with van der Waals surface area (Å²) in [6.45, 7) is 3.46. The molecule has 0 aliphatic carbocycles. The largest absolute Gasteiger partial charge is 0.493 e. The average Bonchev–Trinajstić information content (AvgIpc) is 2.87. The maximum atomic E-state index is 5.78. The minimum atomic E-state index is 0.352. The summed E-state index contributed by atoms with van der Waals surface area (Å²) in [4.78, 5) is 0. The molecule has 0 aliphatic heterocycles. The van der Waals surface area contributed by atoms with Crippen LogP contribution < -0.4 is 15.2 Å². The van der Waals surface area contributed by atoms with Crippen molar-refractivity contribution in [3.8, 4) is 11.5 Å². The van der Waals surface area contributed by atoms with E-state index in [9.17, 15) is 0 Å². The molecule has 0 fully saturated rings. The van der Waals surface area contributed by atoms with E-state index in [1.54, 1.807) is 11.8 Å². The highest BCUT2D eigenvalue weighted by molar-refractivity contribution is 5.39. The molecular formula is C13H18N4O2. The predicted molar refractivity (Wildman–Crippen MR) is 70.9 cm³/mol. The molecule has 6 nitrogen and oxygen atoms in total. The van der Waals surface area contributed by atoms with Crippen molar-refractivity contribution in [2.24, 2.45) is 5.73 Å². The number of ether oxygens (including phenoxy) is 2. The second-order valence-corrected chi connectivity index (χ2v) is 3.94. The van der Waals surface area contributed by atoms with Crippen LogP contribution in [0.15, 0.2) is 24.3 Å². The Kier molecular flexibility index (Phi) is 4.35. The summed E-state index contributed by atoms with van der Waals surface area (Å²) < 4.78 is 12.8. The SMILES string of the molecule is CCn1nnc(CN)c1COc1ccccc1OC. The Morgan fingerprint density at radius 2 is 2.00 bits per heavy atom. The van der Waals surface area contributed by atoms with Crippen LogP contribution >= 0.6 is 0 Å². The van der Waals surface area contributed by atoms with E-state index in [-0.39, 0.29) is 0 Å². The molecule has 0 bridgehead atoms. The Morgan fingerprint density at radius 1 is 1.26 bits per heavy atom. The first-order valence-electron chi connectivity index (χ1n) is 6.17. The lowest BCUT2D eigenvalue weighted by atomic mass is 10.3. The van der Waals surface area contributed by atoms with Gasteiger partial charge in [0.25, 0.3) is 0 Å². The molecule has 0 unspecified atom stereocenters. The molecule has 2 aromatic rings. The highest BCUT2D eigenvalue weighted by atomic mass is 16.5. The van der Waals surface area contributed by atoms with Crippen LogP contribution in [-0.2, 0) is 19.7 Å². The zero-order valence-corrected chi connectivity index (χ0v) is 11.2. The number of benzene rings is 1. The van der Waals surface area contributed by atoms with E-state index in [4.69, 9.17) is 15.2 Å². The van der Waals surface area contributed by atoms with Gasteiger partial charge < -0.3 is 15.2 Å². The molecule has 0 atom stereocenters. The molecule has 0 spiro atoms. The number of methoxy groups -OCH3 is 1. The molecule has 102 valence electrons. The first-order chi connectivity index (χ1) is 9.30. The third-order valence-corrected chi connectivity index (χ3v) is 2.84. The van der Waals surface area contributed by atoms with Crippen LogP contribution in [0.1, 0.15) is 18.3 Å². The van der Waals surface area contributed by atoms with E-state index in [1.165, 1.54) is 0 Å². The average molecular weight is 262 g/mol. The van der Waals surface area contributed by atoms with E-state index in [2.05, 4.69) is 10.3 Å². The van der Waals surface area contributed by atoms with Gasteiger partial charge >= 0.3 is 0 Å². The summed E-state index contributed by atoms with van der Waals surface area (Å²) in [6, 6.07) is 7.52. The van der Waals surface area contributed by atoms with Crippen LogP contribution in [0, 0.1) is 0 Å². The van der Waals surface area contributed by atoms with E-state index in [1.807, 2.05) is 31.2 Å². The lowest BCUT2D eigenvalue weighted by Gasteiger charge is -2.11. The second kappa shape index (κ2) is 6.19. The number of aryl methyl sites for hydroxylation is 1. The van der Waals surface area contributed by atoms with Gasteiger partial charge in [0.15, 0.2) is 11.5 Å². The third-order valence-electron chi connectivity index (χ3n) is 2.84. The van der Waals surface area contributed by atoms with Crippen molar-refractivity contribution < 1.29 is 9.47 Å². The molecule has 0 amide bonds. The Morgan fingerprint density at radius 3 is 2.63 bits per heavy atom. The van der Waals surface area contributed by atoms with E-state index in [0.29, 0.717) is 24.7 Å². The van der Waals surface area contributed by atoms with Gasteiger partial charge in [-0.15, -0.1) is 5.10 Å². The predicted octanol–water partition coefficient (Wildman–Crippen LogP) is 1.34. The first-order valence-corrected chi connectivity index (χ1v) is 6.17. The normalized spacial score (nSPS) is 10.5. The Labute approximate surface area is 112 Å². The van der Waals surface area contributed by atoms with Crippen LogP contribution in [0.5, 0.6) is 11.5 Å². The maximum Gasteiger partial charge on any atom is 0.161 e. The Bertz CT molecular complexity index is 518. The van der Waals surface area contributed by atoms with Gasteiger partial charge in [-0.25, -0.2) is 4.68 Å². The standard InChI is InChI=1S/C13H18N4O2/c1-3-17-11(10(8-14)15-16-17)9-19-13-7-5-4-6-12(13)18-2/h4-7H,3,8-9,14H2,1-2H3. The molecule has 0 radical (unpaired) electrons. The van der Waals surface area contributed by atoms with Crippen LogP contribution in [0.25, 0.3) is 0 Å². The van der Waals surface area contributed by atoms with Crippen LogP contribution in [0.4, 0.5) is 0 Å². The van der Waals surface area contributed by atoms with Crippen molar-refractivity contribution in [3.63, 3.8) is 0 Å². The summed E-state index contributed by atoms with van der Waals surface area (Å²) in [6.07, 6.45) is 0. The minimum absolute atomic E-state index is 0.352. The number of para-hydroxylation sites is 2. The van der Waals surface area contributed by atoms with Gasteiger partial charge in [-0.2, -0.15) is 0 Å². The van der Waals surface area contributed by atoms with Gasteiger partial charge in [0.1, 0.15) is 18.0 Å². The van der Waals surface area contributed by atoms with Crippen molar-refractivity contribution in [2.75, 3.05) is 7.11 Å². The van der Waals surface area contributed by atoms with Gasteiger partial charge in [0.05, 0.1) is 7.11 Å². The van der Waals surface area contributed by atoms with Gasteiger partial charge in [-0.05, 0) is 19.1 Å². The summed E-state index contributed by atoms with van der Waals surface area (Å²) in [5, 5.41) is 8.07. The molecule has 6 heteroatoms. The summed E-state index contributed by atoms with van der Waals surface area (Å²) in [5.74, 6) is 1.39. The van der Waals surface area contributed by atoms with E-state index >= 15 is 0 Å². The molecule has 2 rings (SSSR count). The monoisotopic (exact) mass is 262 g/mol. The molecule has 1 aromatic carbocycles. The van der Waals surface area contributed by atoms with Crippen molar-refractivity contribution in [3.05, 3.63) is 35.7 Å². The van der Waals surface area contributed by atoms with Crippen molar-refractivity contribution >= 4 is 0 Å². The van der Waals surface area contributed by atoms with E-state index in [0.717, 1.165) is 17.9 Å². The highest BCUT2D eigenvalue weighted by Crippen LogP contribution is 2.26. The van der Waals surface area contributed by atoms with E-state index < -0.39 is 0 Å². The smallest absolute Gasteiger partial charge is 0.161 e. The van der Waals surface area contributed by atoms with Gasteiger partial charge in [-0.1, -0.05) is 17.3 Å². The Hall–Kier alpha value is -2.08. The zero-order chi connectivity index (χ0) is 13.7. The molecule has 19 heavy (non-hydrogen) atoms. The molecule has 0 aliphatic rings. The number of nitrogens with zero attached hydrogens (tertiary/aromatic N) is 3. The van der Waals surface area contributed by atoms with Crippen molar-refractivity contribution in [1.29, 1.82) is 0 Å². The maximum absolute atomic E-state index is 5.78. The Balaban J connectivity index is 2.16. The lowest BCUT2D eigenvalue weighted by molar-refractivity contribution is 0.273. The summed E-state index contributed by atoms with van der Waals surface area (Å²) in [5.41, 5.74) is 7.31. The number of hydrogen-bond donors (Lipinski definition) is 1. The third kappa shape index (κ3) is 2.85. The van der Waals surface area contributed by atoms with Crippen molar-refractivity contribution in [1.82, 2.24) is 15.0 Å². The molecule has 2 N–H and O–H groups in total. The zero-order valence-electron chi connectivity index (χ0n) is 11.2. The van der Waals surface area contributed by atoms with Crippen LogP contribution in [0.3, 0.4) is 0 Å². The van der Waals surface area contributed by atoms with Gasteiger partial charge in [0.2, 0.25) is 0 Å². The number of aromatic nitrogens is 3. The topological polar surface area (TPSA) is 75.2 Å². The fourth-order valence-corrected chi connectivity index (χ4v) is 1.82. The first kappa shape index (κ1) is 13.4. The molecule has 1 heterocycles. The van der Waals surface area contributed by atoms with Gasteiger partial charge in [0, 0.05) is 13.1 Å². The fourth-order valence-electron chi connectivity index (χ4n) is 1.82.